The van der Waals surface area contributed by atoms with E-state index in [9.17, 15) is 4.79 Å². The lowest BCUT2D eigenvalue weighted by atomic mass is 10.0. The van der Waals surface area contributed by atoms with Crippen LogP contribution in [0.25, 0.3) is 0 Å². The number of carbonyl (C=O) groups is 1. The van der Waals surface area contributed by atoms with Gasteiger partial charge in [-0.25, -0.2) is 9.98 Å². The molecule has 1 aromatic rings. The van der Waals surface area contributed by atoms with E-state index in [1.807, 2.05) is 37.3 Å². The van der Waals surface area contributed by atoms with Gasteiger partial charge in [0.2, 0.25) is 5.96 Å². The monoisotopic (exact) mass is 326 g/mol. The summed E-state index contributed by atoms with van der Waals surface area (Å²) in [4.78, 5) is 25.1. The van der Waals surface area contributed by atoms with Crippen LogP contribution in [-0.2, 0) is 9.53 Å². The summed E-state index contributed by atoms with van der Waals surface area (Å²) in [7, 11) is 0. The molecule has 1 aromatic carbocycles. The van der Waals surface area contributed by atoms with Crippen molar-refractivity contribution in [2.24, 2.45) is 20.9 Å². The second kappa shape index (κ2) is 7.97. The summed E-state index contributed by atoms with van der Waals surface area (Å²) < 4.78 is 5.32. The molecule has 6 heteroatoms. The molecule has 2 aliphatic rings. The number of nitrogens with zero attached hydrogens (tertiary/aromatic N) is 3. The van der Waals surface area contributed by atoms with Crippen LogP contribution in [0.15, 0.2) is 45.3 Å². The van der Waals surface area contributed by atoms with Gasteiger partial charge >= 0.3 is 0 Å². The van der Waals surface area contributed by atoms with Gasteiger partial charge in [-0.3, -0.25) is 9.79 Å². The number of ether oxygens (including phenoxy) is 1. The summed E-state index contributed by atoms with van der Waals surface area (Å²) in [6, 6.07) is 9.62. The van der Waals surface area contributed by atoms with Gasteiger partial charge in [-0.1, -0.05) is 18.2 Å². The fourth-order valence-electron chi connectivity index (χ4n) is 2.63. The fraction of sp³-hybridized carbons (Fsp3) is 0.444. The van der Waals surface area contributed by atoms with Crippen LogP contribution in [0.1, 0.15) is 19.8 Å². The third-order valence-corrected chi connectivity index (χ3v) is 3.96. The summed E-state index contributed by atoms with van der Waals surface area (Å²) in [5.41, 5.74) is 1.97. The predicted molar refractivity (Wildman–Crippen MR) is 96.3 cm³/mol. The number of rotatable bonds is 7. The second-order valence-electron chi connectivity index (χ2n) is 5.80. The average molecular weight is 326 g/mol. The van der Waals surface area contributed by atoms with Crippen molar-refractivity contribution in [3.8, 4) is 0 Å². The van der Waals surface area contributed by atoms with Crippen LogP contribution in [0.4, 0.5) is 5.69 Å². The molecule has 1 saturated carbocycles. The molecule has 1 aliphatic heterocycles. The van der Waals surface area contributed by atoms with E-state index in [0.29, 0.717) is 43.1 Å². The van der Waals surface area contributed by atoms with E-state index in [2.05, 4.69) is 15.3 Å². The summed E-state index contributed by atoms with van der Waals surface area (Å²) >= 11 is 0. The third-order valence-electron chi connectivity index (χ3n) is 3.96. The maximum atomic E-state index is 11.5. The molecular formula is C18H22N4O2. The minimum atomic E-state index is -0.0875. The quantitative estimate of drug-likeness (QED) is 0.617. The highest BCUT2D eigenvalue weighted by Crippen LogP contribution is 2.36. The average Bonchev–Trinajstić information content (AvgIpc) is 3.45. The van der Waals surface area contributed by atoms with Gasteiger partial charge in [0, 0.05) is 12.3 Å². The van der Waals surface area contributed by atoms with E-state index in [1.54, 1.807) is 0 Å². The van der Waals surface area contributed by atoms with Gasteiger partial charge in [0.15, 0.2) is 6.29 Å². The molecule has 1 fully saturated rings. The first-order chi connectivity index (χ1) is 11.8. The first kappa shape index (κ1) is 16.5. The lowest BCUT2D eigenvalue weighted by Crippen LogP contribution is -2.37. The van der Waals surface area contributed by atoms with Crippen molar-refractivity contribution in [1.29, 1.82) is 0 Å². The molecule has 6 nitrogen and oxygen atoms in total. The molecule has 1 atom stereocenters. The summed E-state index contributed by atoms with van der Waals surface area (Å²) in [5, 5.41) is 3.18. The molecule has 0 spiro atoms. The Balaban J connectivity index is 1.80. The maximum Gasteiger partial charge on any atom is 0.223 e. The molecular weight excluding hydrogens is 304 g/mol. The molecule has 0 bridgehead atoms. The Morgan fingerprint density at radius 3 is 2.79 bits per heavy atom. The van der Waals surface area contributed by atoms with Crippen LogP contribution in [0.2, 0.25) is 0 Å². The molecule has 1 aliphatic carbocycles. The van der Waals surface area contributed by atoms with Gasteiger partial charge in [0.25, 0.3) is 0 Å². The number of benzene rings is 1. The molecule has 0 aromatic heterocycles. The number of para-hydroxylation sites is 1. The van der Waals surface area contributed by atoms with E-state index in [0.717, 1.165) is 24.8 Å². The number of nitrogens with one attached hydrogen (secondary N) is 1. The first-order valence-corrected chi connectivity index (χ1v) is 8.38. The highest BCUT2D eigenvalue weighted by Gasteiger charge is 2.38. The van der Waals surface area contributed by atoms with E-state index in [1.165, 1.54) is 0 Å². The Morgan fingerprint density at radius 2 is 2.12 bits per heavy atom. The molecule has 1 unspecified atom stereocenters. The summed E-state index contributed by atoms with van der Waals surface area (Å²) in [6.45, 7) is 3.68. The normalized spacial score (nSPS) is 22.0. The van der Waals surface area contributed by atoms with Gasteiger partial charge in [0.1, 0.15) is 11.8 Å². The number of hydrogen-bond acceptors (Lipinski definition) is 6. The van der Waals surface area contributed by atoms with Crippen LogP contribution in [0, 0.1) is 5.92 Å². The third kappa shape index (κ3) is 4.14. The van der Waals surface area contributed by atoms with Crippen molar-refractivity contribution in [3.63, 3.8) is 0 Å². The van der Waals surface area contributed by atoms with Crippen LogP contribution in [-0.4, -0.2) is 49.5 Å². The molecule has 0 amide bonds. The Kier molecular flexibility index (Phi) is 5.48. The summed E-state index contributed by atoms with van der Waals surface area (Å²) in [5.74, 6) is 0.929. The molecule has 0 saturated heterocycles. The first-order valence-electron chi connectivity index (χ1n) is 8.38. The Labute approximate surface area is 141 Å². The molecule has 0 radical (unpaired) electrons. The number of aldehydes is 1. The van der Waals surface area contributed by atoms with E-state index < -0.39 is 0 Å². The van der Waals surface area contributed by atoms with Crippen LogP contribution in [0.5, 0.6) is 0 Å². The van der Waals surface area contributed by atoms with Crippen molar-refractivity contribution in [1.82, 2.24) is 0 Å². The lowest BCUT2D eigenvalue weighted by molar-refractivity contribution is -0.102. The smallest absolute Gasteiger partial charge is 0.223 e. The van der Waals surface area contributed by atoms with Gasteiger partial charge < -0.3 is 10.1 Å². The summed E-state index contributed by atoms with van der Waals surface area (Å²) in [6.07, 6.45) is 3.00. The number of hydrogen-bond donors (Lipinski definition) is 1. The van der Waals surface area contributed by atoms with Crippen molar-refractivity contribution >= 4 is 29.4 Å². The zero-order valence-electron chi connectivity index (χ0n) is 13.8. The van der Waals surface area contributed by atoms with E-state index >= 15 is 0 Å². The van der Waals surface area contributed by atoms with Gasteiger partial charge in [-0.2, -0.15) is 0 Å². The molecule has 1 heterocycles. The van der Waals surface area contributed by atoms with Crippen LogP contribution in [0.3, 0.4) is 0 Å². The van der Waals surface area contributed by atoms with Crippen molar-refractivity contribution in [2.75, 3.05) is 25.1 Å². The fourth-order valence-corrected chi connectivity index (χ4v) is 2.63. The van der Waals surface area contributed by atoms with Crippen molar-refractivity contribution in [3.05, 3.63) is 30.3 Å². The molecule has 3 rings (SSSR count). The van der Waals surface area contributed by atoms with Gasteiger partial charge in [-0.05, 0) is 37.8 Å². The lowest BCUT2D eigenvalue weighted by Gasteiger charge is -2.21. The topological polar surface area (TPSA) is 75.4 Å². The SMILES string of the molecule is CCOCCN=C1C(C=O)=NC(Nc2ccccc2)=NC1C1CC1. The zero-order valence-corrected chi connectivity index (χ0v) is 13.8. The number of carbonyl (C=O) groups excluding carboxylic acids is 1. The molecule has 1 N–H and O–H groups in total. The number of anilines is 1. The Bertz CT molecular complexity index is 663. The predicted octanol–water partition coefficient (Wildman–Crippen LogP) is 2.36. The van der Waals surface area contributed by atoms with Gasteiger partial charge in [-0.15, -0.1) is 0 Å². The minimum absolute atomic E-state index is 0.0875. The van der Waals surface area contributed by atoms with E-state index in [4.69, 9.17) is 9.73 Å². The number of aliphatic imine (C=N–C) groups is 3. The van der Waals surface area contributed by atoms with Crippen LogP contribution < -0.4 is 5.32 Å². The highest BCUT2D eigenvalue weighted by atomic mass is 16.5. The minimum Gasteiger partial charge on any atom is -0.380 e. The standard InChI is InChI=1S/C18H22N4O2/c1-2-24-11-10-19-17-15(12-23)21-18(22-16(17)13-8-9-13)20-14-6-4-3-5-7-14/h3-7,12-13,16H,2,8-11H2,1H3,(H,20,22). The molecule has 24 heavy (non-hydrogen) atoms. The van der Waals surface area contributed by atoms with Crippen molar-refractivity contribution < 1.29 is 9.53 Å². The largest absolute Gasteiger partial charge is 0.380 e. The van der Waals surface area contributed by atoms with E-state index in [-0.39, 0.29) is 6.04 Å². The zero-order chi connectivity index (χ0) is 16.8. The maximum absolute atomic E-state index is 11.5. The molecule has 126 valence electrons. The second-order valence-corrected chi connectivity index (χ2v) is 5.80. The van der Waals surface area contributed by atoms with Gasteiger partial charge in [0.05, 0.1) is 18.9 Å². The van der Waals surface area contributed by atoms with Crippen molar-refractivity contribution in [2.45, 2.75) is 25.8 Å². The van der Waals surface area contributed by atoms with Crippen LogP contribution >= 0.6 is 0 Å². The Hall–Kier alpha value is -2.34. The highest BCUT2D eigenvalue weighted by molar-refractivity contribution is 6.64. The Morgan fingerprint density at radius 1 is 1.33 bits per heavy atom. The number of guanidine groups is 1.